The molecule has 53 valence electrons. The fraction of sp³-hybridized carbons (Fsp3) is 0. The van der Waals surface area contributed by atoms with Crippen molar-refractivity contribution >= 4 is 12.2 Å². The van der Waals surface area contributed by atoms with Crippen LogP contribution in [0.2, 0.25) is 0 Å². The summed E-state index contributed by atoms with van der Waals surface area (Å²) in [7, 11) is 2.25. The van der Waals surface area contributed by atoms with Crippen molar-refractivity contribution in [3.63, 3.8) is 0 Å². The molecule has 1 radical (unpaired) electrons. The standard InChI is InChI=1S/C3HN2O2.CH3O.Y/c6-2-4-1-5-3-7;1-2;/h1H;2H,1H2;/q2*-1;. The molecular weight excluding hydrogens is 213 g/mol. The molecular formula is C4H4N2O3Y-2. The van der Waals surface area contributed by atoms with Gasteiger partial charge >= 0.3 is 0 Å². The molecule has 0 amide bonds. The Morgan fingerprint density at radius 1 is 1.20 bits per heavy atom. The maximum absolute atomic E-state index is 9.17. The van der Waals surface area contributed by atoms with Gasteiger partial charge < -0.3 is 14.7 Å². The Morgan fingerprint density at radius 3 is 1.70 bits per heavy atom. The van der Waals surface area contributed by atoms with E-state index >= 15 is 0 Å². The van der Waals surface area contributed by atoms with Gasteiger partial charge in [0.1, 0.15) is 0 Å². The van der Waals surface area contributed by atoms with Gasteiger partial charge in [-0.1, -0.05) is 0 Å². The predicted octanol–water partition coefficient (Wildman–Crippen LogP) is -0.0747. The van der Waals surface area contributed by atoms with Crippen molar-refractivity contribution in [2.24, 2.45) is 9.98 Å². The van der Waals surface area contributed by atoms with Gasteiger partial charge in [0.15, 0.2) is 0 Å². The predicted molar refractivity (Wildman–Crippen MR) is 27.8 cm³/mol. The van der Waals surface area contributed by atoms with E-state index in [9.17, 15) is 0 Å². The van der Waals surface area contributed by atoms with Crippen LogP contribution >= 0.6 is 0 Å². The van der Waals surface area contributed by atoms with Crippen LogP contribution in [-0.2, 0) is 42.3 Å². The largest absolute Gasteiger partial charge is 0.569 e. The Hall–Kier alpha value is -0.306. The fourth-order valence-electron chi connectivity index (χ4n) is 0.0760. The monoisotopic (exact) mass is 217 g/mol. The van der Waals surface area contributed by atoms with Crippen molar-refractivity contribution in [3.8, 4) is 0 Å². The number of aliphatic hydroxyl groups is 1. The summed E-state index contributed by atoms with van der Waals surface area (Å²) in [6.07, 6.45) is 2.30. The topological polar surface area (TPSA) is 79.1 Å². The molecule has 0 aromatic rings. The third kappa shape index (κ3) is 25.3. The van der Waals surface area contributed by atoms with E-state index in [4.69, 9.17) is 14.7 Å². The van der Waals surface area contributed by atoms with E-state index in [1.807, 2.05) is 0 Å². The molecule has 0 unspecified atom stereocenters. The number of nitrogens with zero attached hydrogens (tertiary/aromatic N) is 2. The summed E-state index contributed by atoms with van der Waals surface area (Å²) in [5.74, 6) is 0. The van der Waals surface area contributed by atoms with E-state index < -0.39 is 0 Å². The molecule has 0 atom stereocenters. The van der Waals surface area contributed by atoms with Crippen LogP contribution < -0.4 is 0 Å². The van der Waals surface area contributed by atoms with Gasteiger partial charge in [0.2, 0.25) is 0 Å². The van der Waals surface area contributed by atoms with Crippen LogP contribution in [0.15, 0.2) is 9.98 Å². The van der Waals surface area contributed by atoms with Gasteiger partial charge in [0.05, 0.1) is 12.2 Å². The average molecular weight is 217 g/mol. The first kappa shape index (κ1) is 16.4. The summed E-state index contributed by atoms with van der Waals surface area (Å²) < 4.78 is 0. The number of aliphatic hydroxyl groups excluding tert-OH is 1. The first-order valence-electron chi connectivity index (χ1n) is 1.69. The average Bonchev–Trinajstić information content (AvgIpc) is 1.94. The van der Waals surface area contributed by atoms with Crippen LogP contribution in [0, 0.1) is 13.8 Å². The van der Waals surface area contributed by atoms with E-state index in [0.29, 0.717) is 0 Å². The minimum absolute atomic E-state index is 0. The molecule has 0 aliphatic rings. The summed E-state index contributed by atoms with van der Waals surface area (Å²) in [6, 6.07) is 0. The van der Waals surface area contributed by atoms with E-state index in [2.05, 4.69) is 17.1 Å². The molecule has 0 fully saturated rings. The van der Waals surface area contributed by atoms with Gasteiger partial charge in [-0.3, -0.25) is 9.98 Å². The third-order valence-corrected chi connectivity index (χ3v) is 0.221. The molecule has 1 N–H and O–H groups in total. The van der Waals surface area contributed by atoms with E-state index in [0.717, 1.165) is 18.8 Å². The number of hydrogen-bond donors (Lipinski definition) is 1. The molecule has 0 bridgehead atoms. The van der Waals surface area contributed by atoms with Gasteiger partial charge in [-0.25, -0.2) is 7.11 Å². The van der Waals surface area contributed by atoms with Crippen LogP contribution in [0.25, 0.3) is 0 Å². The molecule has 0 heterocycles. The van der Waals surface area contributed by atoms with Crippen LogP contribution in [0.5, 0.6) is 0 Å². The summed E-state index contributed by atoms with van der Waals surface area (Å²) in [5.41, 5.74) is 0. The normalized spacial score (nSPS) is 4.20. The van der Waals surface area contributed by atoms with Crippen molar-refractivity contribution in [1.29, 1.82) is 0 Å². The van der Waals surface area contributed by atoms with Gasteiger partial charge in [-0.05, 0) is 0 Å². The second-order valence-corrected chi connectivity index (χ2v) is 0.556. The summed E-state index contributed by atoms with van der Waals surface area (Å²) >= 11 is 0. The molecule has 10 heavy (non-hydrogen) atoms. The maximum atomic E-state index is 9.17. The van der Waals surface area contributed by atoms with Crippen molar-refractivity contribution in [2.75, 3.05) is 0 Å². The number of isocyanates is 2. The van der Waals surface area contributed by atoms with Gasteiger partial charge in [-0.15, -0.1) is 0 Å². The molecule has 0 rings (SSSR count). The second kappa shape index (κ2) is 23.4. The number of carbonyl (C=O) groups excluding carboxylic acids is 2. The number of aliphatic imine (C=N–C) groups is 2. The molecule has 0 saturated heterocycles. The van der Waals surface area contributed by atoms with Crippen molar-refractivity contribution in [3.05, 3.63) is 13.8 Å². The molecule has 5 nitrogen and oxygen atoms in total. The zero-order chi connectivity index (χ0) is 7.54. The van der Waals surface area contributed by atoms with E-state index in [1.165, 1.54) is 0 Å². The third-order valence-electron chi connectivity index (χ3n) is 0.221. The molecule has 0 aliphatic carbocycles. The van der Waals surface area contributed by atoms with Crippen LogP contribution in [0.1, 0.15) is 0 Å². The van der Waals surface area contributed by atoms with Gasteiger partial charge in [0, 0.05) is 39.4 Å². The zero-order valence-corrected chi connectivity index (χ0v) is 7.86. The molecule has 6 heteroatoms. The van der Waals surface area contributed by atoms with Crippen LogP contribution in [0.3, 0.4) is 0 Å². The molecule has 0 aromatic heterocycles. The number of rotatable bonds is 2. The van der Waals surface area contributed by atoms with E-state index in [-0.39, 0.29) is 32.7 Å². The second-order valence-electron chi connectivity index (χ2n) is 0.556. The first-order valence-corrected chi connectivity index (χ1v) is 1.69. The Bertz CT molecular complexity index is 121. The Labute approximate surface area is 83.1 Å². The minimum atomic E-state index is 0. The molecule has 0 spiro atoms. The van der Waals surface area contributed by atoms with Crippen LogP contribution in [-0.4, -0.2) is 17.3 Å². The molecule has 0 saturated carbocycles. The maximum Gasteiger partial charge on any atom is 0.0749 e. The summed E-state index contributed by atoms with van der Waals surface area (Å²) in [6.45, 7) is 0.764. The molecule has 0 aromatic carbocycles. The van der Waals surface area contributed by atoms with Gasteiger partial charge in [0.25, 0.3) is 0 Å². The summed E-state index contributed by atoms with van der Waals surface area (Å²) in [4.78, 5) is 23.9. The van der Waals surface area contributed by atoms with Crippen molar-refractivity contribution < 1.29 is 47.4 Å². The van der Waals surface area contributed by atoms with E-state index in [1.54, 1.807) is 0 Å². The SMILES string of the molecule is O=C=N[CH-]N=C=O.[CH2-]O.[Y]. The van der Waals surface area contributed by atoms with Crippen molar-refractivity contribution in [2.45, 2.75) is 0 Å². The van der Waals surface area contributed by atoms with Crippen LogP contribution in [0.4, 0.5) is 0 Å². The first-order chi connectivity index (χ1) is 4.41. The molecule has 0 aliphatic heterocycles. The Kier molecular flexibility index (Phi) is 38.2. The smallest absolute Gasteiger partial charge is 0.0749 e. The van der Waals surface area contributed by atoms with Gasteiger partial charge in [-0.2, -0.15) is 0 Å². The minimum Gasteiger partial charge on any atom is -0.569 e. The Morgan fingerprint density at radius 2 is 1.50 bits per heavy atom. The fourth-order valence-corrected chi connectivity index (χ4v) is 0.0760. The Balaban J connectivity index is -0.000000149. The zero-order valence-electron chi connectivity index (χ0n) is 5.02. The number of hydrogen-bond acceptors (Lipinski definition) is 5. The van der Waals surface area contributed by atoms with Crippen molar-refractivity contribution in [1.82, 2.24) is 0 Å². The quantitative estimate of drug-likeness (QED) is 0.399. The summed E-state index contributed by atoms with van der Waals surface area (Å²) in [5, 5.41) is 6.75.